The fourth-order valence-corrected chi connectivity index (χ4v) is 3.62. The number of carboxylic acid groups (broad SMARTS) is 1. The van der Waals surface area contributed by atoms with Crippen LogP contribution in [-0.4, -0.2) is 25.5 Å². The van der Waals surface area contributed by atoms with Gasteiger partial charge in [-0.2, -0.15) is 0 Å². The standard InChI is InChI=1S/C13H18ClNO4S/c1-8(2)11(7-13(16)17)15-20(18,19)12-6-10(14)5-4-9(12)3/h4-6,8,11,15H,7H2,1-3H3,(H,16,17). The number of hydrogen-bond acceptors (Lipinski definition) is 3. The number of rotatable bonds is 6. The third-order valence-corrected chi connectivity index (χ3v) is 4.81. The van der Waals surface area contributed by atoms with Crippen LogP contribution in [0.25, 0.3) is 0 Å². The Hall–Kier alpha value is -1.11. The van der Waals surface area contributed by atoms with Gasteiger partial charge in [-0.05, 0) is 30.5 Å². The molecular formula is C13H18ClNO4S. The second-order valence-electron chi connectivity index (χ2n) is 4.98. The minimum absolute atomic E-state index is 0.0704. The van der Waals surface area contributed by atoms with Crippen LogP contribution < -0.4 is 4.72 Å². The third kappa shape index (κ3) is 4.47. The second-order valence-corrected chi connectivity index (χ2v) is 7.10. The Morgan fingerprint density at radius 1 is 1.40 bits per heavy atom. The number of sulfonamides is 1. The average Bonchev–Trinajstić information content (AvgIpc) is 2.30. The van der Waals surface area contributed by atoms with E-state index in [4.69, 9.17) is 16.7 Å². The van der Waals surface area contributed by atoms with Gasteiger partial charge in [0.2, 0.25) is 10.0 Å². The van der Waals surface area contributed by atoms with Gasteiger partial charge in [0.15, 0.2) is 0 Å². The number of aliphatic carboxylic acids is 1. The van der Waals surface area contributed by atoms with Crippen molar-refractivity contribution < 1.29 is 18.3 Å². The van der Waals surface area contributed by atoms with E-state index in [0.717, 1.165) is 0 Å². The van der Waals surface area contributed by atoms with Crippen molar-refractivity contribution in [1.29, 1.82) is 0 Å². The predicted molar refractivity (Wildman–Crippen MR) is 77.4 cm³/mol. The molecule has 0 aliphatic carbocycles. The van der Waals surface area contributed by atoms with E-state index in [1.807, 2.05) is 0 Å². The molecule has 20 heavy (non-hydrogen) atoms. The Bertz CT molecular complexity index is 598. The van der Waals surface area contributed by atoms with Crippen molar-refractivity contribution >= 4 is 27.6 Å². The number of nitrogens with one attached hydrogen (secondary N) is 1. The summed E-state index contributed by atoms with van der Waals surface area (Å²) in [4.78, 5) is 10.9. The zero-order valence-electron chi connectivity index (χ0n) is 11.6. The maximum Gasteiger partial charge on any atom is 0.304 e. The Balaban J connectivity index is 3.09. The monoisotopic (exact) mass is 319 g/mol. The molecule has 0 aromatic heterocycles. The van der Waals surface area contributed by atoms with Crippen LogP contribution in [0.2, 0.25) is 5.02 Å². The minimum atomic E-state index is -3.80. The third-order valence-electron chi connectivity index (χ3n) is 2.95. The fourth-order valence-electron chi connectivity index (χ4n) is 1.73. The van der Waals surface area contributed by atoms with Crippen LogP contribution >= 0.6 is 11.6 Å². The van der Waals surface area contributed by atoms with Gasteiger partial charge in [-0.1, -0.05) is 31.5 Å². The highest BCUT2D eigenvalue weighted by Crippen LogP contribution is 2.21. The Morgan fingerprint density at radius 2 is 2.00 bits per heavy atom. The molecule has 0 amide bonds. The molecule has 1 rings (SSSR count). The first-order chi connectivity index (χ1) is 9.13. The summed E-state index contributed by atoms with van der Waals surface area (Å²) in [6.07, 6.45) is -0.267. The van der Waals surface area contributed by atoms with Gasteiger partial charge in [0.1, 0.15) is 0 Å². The molecule has 1 aromatic carbocycles. The van der Waals surface area contributed by atoms with Crippen LogP contribution in [0.3, 0.4) is 0 Å². The molecule has 112 valence electrons. The van der Waals surface area contributed by atoms with Crippen molar-refractivity contribution in [3.05, 3.63) is 28.8 Å². The number of aryl methyl sites for hydroxylation is 1. The number of benzene rings is 1. The van der Waals surface area contributed by atoms with Crippen molar-refractivity contribution in [1.82, 2.24) is 4.72 Å². The molecule has 0 fully saturated rings. The smallest absolute Gasteiger partial charge is 0.304 e. The molecule has 0 saturated heterocycles. The molecule has 1 unspecified atom stereocenters. The first-order valence-electron chi connectivity index (χ1n) is 6.13. The summed E-state index contributed by atoms with van der Waals surface area (Å²) in [5.41, 5.74) is 0.555. The SMILES string of the molecule is Cc1ccc(Cl)cc1S(=O)(=O)NC(CC(=O)O)C(C)C. The Morgan fingerprint density at radius 3 is 2.50 bits per heavy atom. The van der Waals surface area contributed by atoms with E-state index in [2.05, 4.69) is 4.72 Å². The van der Waals surface area contributed by atoms with Crippen molar-refractivity contribution in [3.8, 4) is 0 Å². The van der Waals surface area contributed by atoms with Crippen LogP contribution in [0.5, 0.6) is 0 Å². The van der Waals surface area contributed by atoms with Crippen LogP contribution in [-0.2, 0) is 14.8 Å². The summed E-state index contributed by atoms with van der Waals surface area (Å²) >= 11 is 5.82. The van der Waals surface area contributed by atoms with Gasteiger partial charge in [-0.3, -0.25) is 4.79 Å². The van der Waals surface area contributed by atoms with Crippen molar-refractivity contribution in [2.24, 2.45) is 5.92 Å². The lowest BCUT2D eigenvalue weighted by atomic mass is 10.0. The van der Waals surface area contributed by atoms with Gasteiger partial charge in [0.25, 0.3) is 0 Å². The molecule has 0 aliphatic rings. The van der Waals surface area contributed by atoms with Crippen LogP contribution in [0.4, 0.5) is 0 Å². The number of hydrogen-bond donors (Lipinski definition) is 2. The molecule has 5 nitrogen and oxygen atoms in total. The van der Waals surface area contributed by atoms with Gasteiger partial charge in [0.05, 0.1) is 11.3 Å². The van der Waals surface area contributed by atoms with E-state index >= 15 is 0 Å². The fraction of sp³-hybridized carbons (Fsp3) is 0.462. The maximum atomic E-state index is 12.3. The van der Waals surface area contributed by atoms with Crippen LogP contribution in [0.15, 0.2) is 23.1 Å². The number of carbonyl (C=O) groups is 1. The normalized spacial score (nSPS) is 13.4. The lowest BCUT2D eigenvalue weighted by Gasteiger charge is -2.21. The molecular weight excluding hydrogens is 302 g/mol. The van der Waals surface area contributed by atoms with Crippen molar-refractivity contribution in [3.63, 3.8) is 0 Å². The van der Waals surface area contributed by atoms with E-state index in [-0.39, 0.29) is 17.2 Å². The Labute approximate surface area is 124 Å². The molecule has 0 heterocycles. The summed E-state index contributed by atoms with van der Waals surface area (Å²) in [7, 11) is -3.80. The summed E-state index contributed by atoms with van der Waals surface area (Å²) in [5.74, 6) is -1.19. The van der Waals surface area contributed by atoms with E-state index < -0.39 is 22.0 Å². The summed E-state index contributed by atoms with van der Waals surface area (Å²) < 4.78 is 27.1. The molecule has 0 bridgehead atoms. The summed E-state index contributed by atoms with van der Waals surface area (Å²) in [6.45, 7) is 5.19. The van der Waals surface area contributed by atoms with Gasteiger partial charge in [-0.15, -0.1) is 0 Å². The van der Waals surface area contributed by atoms with Gasteiger partial charge >= 0.3 is 5.97 Å². The average molecular weight is 320 g/mol. The summed E-state index contributed by atoms with van der Waals surface area (Å²) in [5, 5.41) is 9.16. The van der Waals surface area contributed by atoms with Crippen molar-refractivity contribution in [2.75, 3.05) is 0 Å². The van der Waals surface area contributed by atoms with Crippen molar-refractivity contribution in [2.45, 2.75) is 38.1 Å². The predicted octanol–water partition coefficient (Wildman–Crippen LogP) is 2.43. The van der Waals surface area contributed by atoms with E-state index in [1.54, 1.807) is 32.9 Å². The van der Waals surface area contributed by atoms with Gasteiger partial charge in [0, 0.05) is 11.1 Å². The molecule has 0 saturated carbocycles. The first-order valence-corrected chi connectivity index (χ1v) is 8.00. The van der Waals surface area contributed by atoms with Crippen LogP contribution in [0.1, 0.15) is 25.8 Å². The zero-order chi connectivity index (χ0) is 15.5. The lowest BCUT2D eigenvalue weighted by Crippen LogP contribution is -2.40. The number of carboxylic acids is 1. The molecule has 0 aliphatic heterocycles. The van der Waals surface area contributed by atoms with Crippen LogP contribution in [0, 0.1) is 12.8 Å². The second kappa shape index (κ2) is 6.56. The molecule has 1 aromatic rings. The summed E-state index contributed by atoms with van der Waals surface area (Å²) in [6, 6.07) is 3.90. The quantitative estimate of drug-likeness (QED) is 0.843. The lowest BCUT2D eigenvalue weighted by molar-refractivity contribution is -0.137. The maximum absolute atomic E-state index is 12.3. The highest BCUT2D eigenvalue weighted by atomic mass is 35.5. The Kier molecular flexibility index (Phi) is 5.56. The molecule has 0 spiro atoms. The molecule has 1 atom stereocenters. The van der Waals surface area contributed by atoms with Gasteiger partial charge in [-0.25, -0.2) is 13.1 Å². The topological polar surface area (TPSA) is 83.5 Å². The molecule has 0 radical (unpaired) electrons. The highest BCUT2D eigenvalue weighted by molar-refractivity contribution is 7.89. The minimum Gasteiger partial charge on any atom is -0.481 e. The van der Waals surface area contributed by atoms with E-state index in [0.29, 0.717) is 10.6 Å². The highest BCUT2D eigenvalue weighted by Gasteiger charge is 2.25. The molecule has 2 N–H and O–H groups in total. The van der Waals surface area contributed by atoms with E-state index in [1.165, 1.54) is 6.07 Å². The number of halogens is 1. The first kappa shape index (κ1) is 16.9. The van der Waals surface area contributed by atoms with Gasteiger partial charge < -0.3 is 5.11 Å². The molecule has 7 heteroatoms. The largest absolute Gasteiger partial charge is 0.481 e. The zero-order valence-corrected chi connectivity index (χ0v) is 13.1. The van der Waals surface area contributed by atoms with E-state index in [9.17, 15) is 13.2 Å².